The Morgan fingerprint density at radius 2 is 1.77 bits per heavy atom. The first kappa shape index (κ1) is 15.0. The molecule has 126 valence electrons. The number of phenolic OH excluding ortho intramolecular Hbond substituents is 1. The number of para-hydroxylation sites is 1. The molecule has 0 unspecified atom stereocenters. The summed E-state index contributed by atoms with van der Waals surface area (Å²) in [6.45, 7) is 2.10. The molecule has 5 aromatic rings. The van der Waals surface area contributed by atoms with Crippen molar-refractivity contribution in [3.8, 4) is 28.3 Å². The zero-order valence-corrected chi connectivity index (χ0v) is 14.7. The van der Waals surface area contributed by atoms with Gasteiger partial charge in [0.05, 0.1) is 10.9 Å². The highest BCUT2D eigenvalue weighted by atomic mass is 32.1. The molecule has 5 rings (SSSR count). The normalized spacial score (nSPS) is 11.4. The molecule has 0 amide bonds. The fourth-order valence-electron chi connectivity index (χ4n) is 3.24. The standard InChI is InChI=1S/C20H14N4OS/c1-12-16(13-7-3-2-4-8-13)17-19-22-18(14-9-5-6-10-15(14)25)23-24(19)11-21-20(17)26-12/h2-11,25H,1H3. The number of benzene rings is 2. The van der Waals surface area contributed by atoms with Crippen LogP contribution in [0.3, 0.4) is 0 Å². The van der Waals surface area contributed by atoms with Crippen LogP contribution in [0.4, 0.5) is 0 Å². The minimum atomic E-state index is 0.164. The lowest BCUT2D eigenvalue weighted by Gasteiger charge is -2.02. The predicted octanol–water partition coefficient (Wildman–Crippen LogP) is 4.69. The Hall–Kier alpha value is -3.25. The third kappa shape index (κ3) is 2.19. The Kier molecular flexibility index (Phi) is 3.26. The fraction of sp³-hybridized carbons (Fsp3) is 0.0500. The smallest absolute Gasteiger partial charge is 0.185 e. The van der Waals surface area contributed by atoms with Crippen LogP contribution in [0.15, 0.2) is 60.9 Å². The summed E-state index contributed by atoms with van der Waals surface area (Å²) in [6.07, 6.45) is 1.68. The summed E-state index contributed by atoms with van der Waals surface area (Å²) in [4.78, 5) is 11.4. The predicted molar refractivity (Wildman–Crippen MR) is 103 cm³/mol. The number of aromatic nitrogens is 4. The van der Waals surface area contributed by atoms with Gasteiger partial charge in [-0.05, 0) is 24.6 Å². The number of nitrogens with zero attached hydrogens (tertiary/aromatic N) is 4. The number of fused-ring (bicyclic) bond motifs is 3. The minimum Gasteiger partial charge on any atom is -0.507 e. The van der Waals surface area contributed by atoms with Crippen molar-refractivity contribution in [2.45, 2.75) is 6.92 Å². The van der Waals surface area contributed by atoms with E-state index in [4.69, 9.17) is 4.98 Å². The third-order valence-corrected chi connectivity index (χ3v) is 5.43. The molecule has 0 fully saturated rings. The molecule has 1 N–H and O–H groups in total. The summed E-state index contributed by atoms with van der Waals surface area (Å²) in [5.41, 5.74) is 3.63. The van der Waals surface area contributed by atoms with Crippen molar-refractivity contribution in [2.24, 2.45) is 0 Å². The fourth-order valence-corrected chi connectivity index (χ4v) is 4.25. The summed E-state index contributed by atoms with van der Waals surface area (Å²) < 4.78 is 1.68. The first-order chi connectivity index (χ1) is 12.7. The SMILES string of the molecule is Cc1sc2ncn3nc(-c4ccccc4O)nc3c2c1-c1ccccc1. The topological polar surface area (TPSA) is 63.3 Å². The second-order valence-corrected chi connectivity index (χ2v) is 7.25. The Morgan fingerprint density at radius 1 is 1.00 bits per heavy atom. The first-order valence-electron chi connectivity index (χ1n) is 8.20. The third-order valence-electron chi connectivity index (χ3n) is 4.41. The lowest BCUT2D eigenvalue weighted by molar-refractivity contribution is 0.477. The summed E-state index contributed by atoms with van der Waals surface area (Å²) in [7, 11) is 0. The van der Waals surface area contributed by atoms with Crippen molar-refractivity contribution in [2.75, 3.05) is 0 Å². The molecule has 0 aliphatic rings. The van der Waals surface area contributed by atoms with Crippen LogP contribution in [0.25, 0.3) is 38.4 Å². The van der Waals surface area contributed by atoms with Crippen LogP contribution in [-0.2, 0) is 0 Å². The summed E-state index contributed by atoms with van der Waals surface area (Å²) in [5.74, 6) is 0.651. The maximum absolute atomic E-state index is 10.1. The van der Waals surface area contributed by atoms with Crippen LogP contribution in [0.2, 0.25) is 0 Å². The number of thiophene rings is 1. The highest BCUT2D eigenvalue weighted by Crippen LogP contribution is 2.39. The van der Waals surface area contributed by atoms with E-state index in [1.165, 1.54) is 4.88 Å². The highest BCUT2D eigenvalue weighted by Gasteiger charge is 2.19. The zero-order valence-electron chi connectivity index (χ0n) is 13.9. The van der Waals surface area contributed by atoms with Crippen molar-refractivity contribution in [1.82, 2.24) is 19.6 Å². The number of hydrogen-bond donors (Lipinski definition) is 1. The lowest BCUT2D eigenvalue weighted by Crippen LogP contribution is -1.90. The van der Waals surface area contributed by atoms with Crippen molar-refractivity contribution < 1.29 is 5.11 Å². The molecule has 5 nitrogen and oxygen atoms in total. The average molecular weight is 358 g/mol. The van der Waals surface area contributed by atoms with Gasteiger partial charge in [-0.1, -0.05) is 42.5 Å². The van der Waals surface area contributed by atoms with Gasteiger partial charge in [-0.3, -0.25) is 0 Å². The number of aromatic hydroxyl groups is 1. The summed E-state index contributed by atoms with van der Waals surface area (Å²) in [5, 5.41) is 15.7. The maximum atomic E-state index is 10.1. The lowest BCUT2D eigenvalue weighted by atomic mass is 10.0. The van der Waals surface area contributed by atoms with Crippen LogP contribution >= 0.6 is 11.3 Å². The van der Waals surface area contributed by atoms with E-state index in [1.807, 2.05) is 30.3 Å². The van der Waals surface area contributed by atoms with E-state index in [0.29, 0.717) is 11.4 Å². The van der Waals surface area contributed by atoms with Crippen molar-refractivity contribution >= 4 is 27.2 Å². The van der Waals surface area contributed by atoms with Crippen LogP contribution in [0, 0.1) is 6.92 Å². The van der Waals surface area contributed by atoms with Crippen LogP contribution in [-0.4, -0.2) is 24.7 Å². The first-order valence-corrected chi connectivity index (χ1v) is 9.02. The molecule has 0 radical (unpaired) electrons. The highest BCUT2D eigenvalue weighted by molar-refractivity contribution is 7.19. The maximum Gasteiger partial charge on any atom is 0.185 e. The largest absolute Gasteiger partial charge is 0.507 e. The Balaban J connectivity index is 1.84. The molecule has 3 aromatic heterocycles. The van der Waals surface area contributed by atoms with Crippen molar-refractivity contribution in [1.29, 1.82) is 0 Å². The van der Waals surface area contributed by atoms with Crippen LogP contribution in [0.5, 0.6) is 5.75 Å². The molecule has 0 saturated heterocycles. The zero-order chi connectivity index (χ0) is 17.7. The van der Waals surface area contributed by atoms with Crippen molar-refractivity contribution in [3.05, 3.63) is 65.8 Å². The molecule has 0 aliphatic carbocycles. The molecular formula is C20H14N4OS. The Morgan fingerprint density at radius 3 is 2.58 bits per heavy atom. The van der Waals surface area contributed by atoms with E-state index in [2.05, 4.69) is 29.1 Å². The van der Waals surface area contributed by atoms with Gasteiger partial charge in [-0.2, -0.15) is 0 Å². The second-order valence-electron chi connectivity index (χ2n) is 6.04. The molecule has 6 heteroatoms. The molecule has 0 saturated carbocycles. The van der Waals surface area contributed by atoms with Crippen LogP contribution < -0.4 is 0 Å². The number of aryl methyl sites for hydroxylation is 1. The molecule has 2 aromatic carbocycles. The molecule has 0 spiro atoms. The summed E-state index contributed by atoms with van der Waals surface area (Å²) >= 11 is 1.66. The van der Waals surface area contributed by atoms with Gasteiger partial charge in [0, 0.05) is 10.4 Å². The average Bonchev–Trinajstić information content (AvgIpc) is 3.22. The number of hydrogen-bond acceptors (Lipinski definition) is 5. The van der Waals surface area contributed by atoms with E-state index in [9.17, 15) is 5.11 Å². The van der Waals surface area contributed by atoms with Gasteiger partial charge in [0.25, 0.3) is 0 Å². The Bertz CT molecular complexity index is 1260. The van der Waals surface area contributed by atoms with Gasteiger partial charge in [0.1, 0.15) is 16.9 Å². The van der Waals surface area contributed by atoms with E-state index in [1.54, 1.807) is 34.3 Å². The minimum absolute atomic E-state index is 0.164. The quantitative estimate of drug-likeness (QED) is 0.497. The number of phenols is 1. The van der Waals surface area contributed by atoms with Crippen LogP contribution in [0.1, 0.15) is 4.88 Å². The van der Waals surface area contributed by atoms with Gasteiger partial charge in [-0.15, -0.1) is 16.4 Å². The van der Waals surface area contributed by atoms with Gasteiger partial charge >= 0.3 is 0 Å². The Labute approximate surface area is 153 Å². The van der Waals surface area contributed by atoms with Crippen molar-refractivity contribution in [3.63, 3.8) is 0 Å². The van der Waals surface area contributed by atoms with Gasteiger partial charge in [0.2, 0.25) is 0 Å². The van der Waals surface area contributed by atoms with E-state index in [-0.39, 0.29) is 5.75 Å². The van der Waals surface area contributed by atoms with Gasteiger partial charge in [-0.25, -0.2) is 14.5 Å². The molecule has 0 aliphatic heterocycles. The molecular weight excluding hydrogens is 344 g/mol. The molecule has 26 heavy (non-hydrogen) atoms. The molecule has 0 bridgehead atoms. The van der Waals surface area contributed by atoms with E-state index < -0.39 is 0 Å². The second kappa shape index (κ2) is 5.64. The van der Waals surface area contributed by atoms with Gasteiger partial charge in [0.15, 0.2) is 11.5 Å². The molecule has 0 atom stereocenters. The monoisotopic (exact) mass is 358 g/mol. The van der Waals surface area contributed by atoms with Gasteiger partial charge < -0.3 is 5.11 Å². The van der Waals surface area contributed by atoms with E-state index in [0.717, 1.165) is 27.0 Å². The summed E-state index contributed by atoms with van der Waals surface area (Å²) in [6, 6.07) is 17.4. The number of rotatable bonds is 2. The molecule has 3 heterocycles. The van der Waals surface area contributed by atoms with E-state index >= 15 is 0 Å².